The van der Waals surface area contributed by atoms with Gasteiger partial charge in [-0.2, -0.15) is 4.31 Å². The monoisotopic (exact) mass is 441 g/mol. The summed E-state index contributed by atoms with van der Waals surface area (Å²) in [6.07, 6.45) is -4.22. The van der Waals surface area contributed by atoms with Crippen molar-refractivity contribution in [2.75, 3.05) is 18.5 Å². The molecular weight excluding hydrogens is 424 g/mol. The predicted octanol–water partition coefficient (Wildman–Crippen LogP) is -1.88. The molecule has 0 amide bonds. The first-order valence-corrected chi connectivity index (χ1v) is 10.9. The average molecular weight is 441 g/mol. The van der Waals surface area contributed by atoms with Crippen molar-refractivity contribution in [3.05, 3.63) is 12.0 Å². The van der Waals surface area contributed by atoms with Crippen molar-refractivity contribution in [2.45, 2.75) is 30.7 Å². The van der Waals surface area contributed by atoms with Crippen LogP contribution in [-0.2, 0) is 22.7 Å². The molecule has 2 saturated heterocycles. The van der Waals surface area contributed by atoms with Crippen LogP contribution < -0.4 is 5.32 Å². The molecule has 0 aromatic carbocycles. The minimum absolute atomic E-state index is 0.0666. The number of fused-ring (bicyclic) bond motifs is 2. The standard InChI is InChI=1S/C11H17N5O10P2/c12-9-6-10(14-5-1-15(5)9)16(3-13-6)11-8(18)7(17)4(25-11)2-24-28(22,23)26-27(19,20)21/h3-5,7-8,11-12,14,17-18H,1-2H2,(H,22,23)(H2,19,20,21)/t4-,5-,7-,8-,11-,15?/m1/s1. The van der Waals surface area contributed by atoms with Crippen LogP contribution in [0.4, 0.5) is 5.82 Å². The Labute approximate surface area is 156 Å². The molecule has 4 heterocycles. The van der Waals surface area contributed by atoms with Gasteiger partial charge in [0, 0.05) is 0 Å². The molecule has 3 aliphatic heterocycles. The van der Waals surface area contributed by atoms with Gasteiger partial charge in [-0.3, -0.25) is 14.5 Å². The third-order valence-corrected chi connectivity index (χ3v) is 6.60. The molecule has 0 spiro atoms. The number of amidine groups is 1. The number of anilines is 1. The number of hydrogen-bond acceptors (Lipinski definition) is 10. The Balaban J connectivity index is 1.47. The lowest BCUT2D eigenvalue weighted by Crippen LogP contribution is -2.34. The number of ether oxygens (including phenoxy) is 1. The highest BCUT2D eigenvalue weighted by molar-refractivity contribution is 7.60. The van der Waals surface area contributed by atoms with E-state index in [0.29, 0.717) is 18.1 Å². The number of imidazole rings is 1. The maximum absolute atomic E-state index is 11.5. The molecule has 2 fully saturated rings. The molecule has 0 bridgehead atoms. The summed E-state index contributed by atoms with van der Waals surface area (Å²) in [5.41, 5.74) is 0.341. The minimum Gasteiger partial charge on any atom is -0.387 e. The van der Waals surface area contributed by atoms with Gasteiger partial charge in [-0.1, -0.05) is 0 Å². The number of rotatable bonds is 6. The molecule has 4 rings (SSSR count). The van der Waals surface area contributed by atoms with Crippen LogP contribution in [0.5, 0.6) is 0 Å². The van der Waals surface area contributed by atoms with E-state index < -0.39 is 46.8 Å². The molecule has 1 unspecified atom stereocenters. The summed E-state index contributed by atoms with van der Waals surface area (Å²) in [5.74, 6) is 0.625. The molecular formula is C11H17N5O10P2. The van der Waals surface area contributed by atoms with E-state index in [2.05, 4.69) is 19.1 Å². The Morgan fingerprint density at radius 1 is 1.32 bits per heavy atom. The Bertz CT molecular complexity index is 902. The van der Waals surface area contributed by atoms with Gasteiger partial charge < -0.3 is 39.8 Å². The van der Waals surface area contributed by atoms with E-state index in [1.54, 1.807) is 4.90 Å². The molecule has 0 aliphatic carbocycles. The quantitative estimate of drug-likeness (QED) is 0.190. The summed E-state index contributed by atoms with van der Waals surface area (Å²) in [7, 11) is -10.4. The summed E-state index contributed by atoms with van der Waals surface area (Å²) >= 11 is 0. The molecule has 0 radical (unpaired) electrons. The van der Waals surface area contributed by atoms with Crippen LogP contribution in [0.1, 0.15) is 11.9 Å². The Morgan fingerprint density at radius 3 is 2.71 bits per heavy atom. The van der Waals surface area contributed by atoms with Crippen LogP contribution in [0.3, 0.4) is 0 Å². The summed E-state index contributed by atoms with van der Waals surface area (Å²) in [6, 6.07) is 0. The van der Waals surface area contributed by atoms with Crippen molar-refractivity contribution in [1.82, 2.24) is 14.5 Å². The normalized spacial score (nSPS) is 33.8. The first kappa shape index (κ1) is 19.9. The van der Waals surface area contributed by atoms with E-state index in [4.69, 9.17) is 19.9 Å². The van der Waals surface area contributed by atoms with Gasteiger partial charge in [0.25, 0.3) is 0 Å². The summed E-state index contributed by atoms with van der Waals surface area (Å²) in [6.45, 7) is -0.160. The topological polar surface area (TPSA) is 220 Å². The van der Waals surface area contributed by atoms with Gasteiger partial charge in [-0.25, -0.2) is 14.1 Å². The molecule has 1 aromatic heterocycles. The summed E-state index contributed by atoms with van der Waals surface area (Å²) in [5, 5.41) is 31.6. The molecule has 17 heteroatoms. The smallest absolute Gasteiger partial charge is 0.387 e. The van der Waals surface area contributed by atoms with Gasteiger partial charge in [0.2, 0.25) is 0 Å². The van der Waals surface area contributed by atoms with Gasteiger partial charge in [0.1, 0.15) is 36.0 Å². The number of aliphatic hydroxyl groups excluding tert-OH is 2. The van der Waals surface area contributed by atoms with Crippen LogP contribution in [0.2, 0.25) is 0 Å². The van der Waals surface area contributed by atoms with E-state index in [1.807, 2.05) is 0 Å². The zero-order chi connectivity index (χ0) is 20.4. The predicted molar refractivity (Wildman–Crippen MR) is 88.0 cm³/mol. The lowest BCUT2D eigenvalue weighted by Gasteiger charge is -2.22. The van der Waals surface area contributed by atoms with Crippen LogP contribution in [0, 0.1) is 5.41 Å². The van der Waals surface area contributed by atoms with Gasteiger partial charge in [0.15, 0.2) is 12.1 Å². The summed E-state index contributed by atoms with van der Waals surface area (Å²) < 4.78 is 37.2. The number of phosphoric acid groups is 2. The molecule has 28 heavy (non-hydrogen) atoms. The Morgan fingerprint density at radius 2 is 2.04 bits per heavy atom. The number of phosphoric ester groups is 1. The first-order valence-electron chi connectivity index (χ1n) is 7.91. The third-order valence-electron chi connectivity index (χ3n) is 4.44. The van der Waals surface area contributed by atoms with Gasteiger partial charge in [-0.15, -0.1) is 0 Å². The van der Waals surface area contributed by atoms with Crippen LogP contribution >= 0.6 is 15.6 Å². The SMILES string of the molecule is N=C1c2ncn([C@@H]3O[C@H](COP(=O)(O)OP(=O)(O)O)[C@@H](O)[C@H]3O)c2N[C@H]2CN12. The van der Waals surface area contributed by atoms with E-state index in [-0.39, 0.29) is 12.0 Å². The molecule has 15 nitrogen and oxygen atoms in total. The molecule has 156 valence electrons. The average Bonchev–Trinajstić information content (AvgIpc) is 3.15. The van der Waals surface area contributed by atoms with Gasteiger partial charge in [0.05, 0.1) is 19.5 Å². The van der Waals surface area contributed by atoms with Crippen molar-refractivity contribution in [2.24, 2.45) is 0 Å². The lowest BCUT2D eigenvalue weighted by atomic mass is 10.1. The third kappa shape index (κ3) is 3.62. The first-order chi connectivity index (χ1) is 13.0. The van der Waals surface area contributed by atoms with Crippen LogP contribution in [0.25, 0.3) is 0 Å². The number of nitrogens with zero attached hydrogens (tertiary/aromatic N) is 3. The highest BCUT2D eigenvalue weighted by Crippen LogP contribution is 2.57. The lowest BCUT2D eigenvalue weighted by molar-refractivity contribution is -0.0511. The van der Waals surface area contributed by atoms with Crippen molar-refractivity contribution in [3.8, 4) is 0 Å². The Hall–Kier alpha value is -1.38. The van der Waals surface area contributed by atoms with Crippen molar-refractivity contribution in [3.63, 3.8) is 0 Å². The summed E-state index contributed by atoms with van der Waals surface area (Å²) in [4.78, 5) is 32.3. The maximum atomic E-state index is 11.5. The fourth-order valence-corrected chi connectivity index (χ4v) is 4.70. The Kier molecular flexibility index (Phi) is 4.67. The zero-order valence-electron chi connectivity index (χ0n) is 13.9. The minimum atomic E-state index is -5.28. The number of nitrogens with one attached hydrogen (secondary N) is 2. The second-order valence-corrected chi connectivity index (χ2v) is 9.22. The fraction of sp³-hybridized carbons (Fsp3) is 0.636. The second kappa shape index (κ2) is 6.57. The molecule has 6 atom stereocenters. The van der Waals surface area contributed by atoms with Crippen molar-refractivity contribution < 1.29 is 47.6 Å². The van der Waals surface area contributed by atoms with E-state index in [1.165, 1.54) is 10.9 Å². The van der Waals surface area contributed by atoms with E-state index >= 15 is 0 Å². The molecule has 1 aromatic rings. The van der Waals surface area contributed by atoms with Crippen LogP contribution in [-0.4, -0.2) is 82.8 Å². The molecule has 7 N–H and O–H groups in total. The maximum Gasteiger partial charge on any atom is 0.481 e. The van der Waals surface area contributed by atoms with E-state index in [0.717, 1.165) is 0 Å². The highest BCUT2D eigenvalue weighted by atomic mass is 31.3. The van der Waals surface area contributed by atoms with Crippen molar-refractivity contribution in [1.29, 1.82) is 5.41 Å². The number of aliphatic hydroxyl groups is 2. The molecule has 3 aliphatic rings. The number of aromatic nitrogens is 2. The van der Waals surface area contributed by atoms with Crippen molar-refractivity contribution >= 4 is 27.3 Å². The van der Waals surface area contributed by atoms with E-state index in [9.17, 15) is 24.2 Å². The fourth-order valence-electron chi connectivity index (χ4n) is 3.10. The largest absolute Gasteiger partial charge is 0.481 e. The van der Waals surface area contributed by atoms with Gasteiger partial charge >= 0.3 is 15.6 Å². The van der Waals surface area contributed by atoms with Gasteiger partial charge in [-0.05, 0) is 0 Å². The second-order valence-electron chi connectivity index (χ2n) is 6.39. The number of hydrogen-bond donors (Lipinski definition) is 7. The highest BCUT2D eigenvalue weighted by Gasteiger charge is 2.49. The van der Waals surface area contributed by atoms with Crippen LogP contribution in [0.15, 0.2) is 6.33 Å². The zero-order valence-corrected chi connectivity index (χ0v) is 15.7. The molecule has 0 saturated carbocycles.